The minimum atomic E-state index is -0.0971. The van der Waals surface area contributed by atoms with Gasteiger partial charge in [-0.2, -0.15) is 0 Å². The van der Waals surface area contributed by atoms with Gasteiger partial charge in [0.1, 0.15) is 11.5 Å². The van der Waals surface area contributed by atoms with Gasteiger partial charge in [0.2, 0.25) is 0 Å². The number of anilines is 1. The maximum Gasteiger partial charge on any atom is 0.267 e. The molecule has 0 spiro atoms. The third kappa shape index (κ3) is 5.91. The predicted molar refractivity (Wildman–Crippen MR) is 171 cm³/mol. The van der Waals surface area contributed by atoms with Crippen LogP contribution in [-0.2, 0) is 11.3 Å². The van der Waals surface area contributed by atoms with E-state index in [0.29, 0.717) is 16.6 Å². The van der Waals surface area contributed by atoms with Gasteiger partial charge in [0, 0.05) is 29.4 Å². The summed E-state index contributed by atoms with van der Waals surface area (Å²) in [7, 11) is 3.33. The van der Waals surface area contributed by atoms with Gasteiger partial charge in [-0.05, 0) is 86.5 Å². The first kappa shape index (κ1) is 28.6. The summed E-state index contributed by atoms with van der Waals surface area (Å²) in [5.74, 6) is 1.44. The number of methoxy groups -OCH3 is 2. The first-order chi connectivity index (χ1) is 19.7. The summed E-state index contributed by atoms with van der Waals surface area (Å²) in [5, 5.41) is 0.646. The van der Waals surface area contributed by atoms with Crippen molar-refractivity contribution in [2.75, 3.05) is 25.7 Å². The number of para-hydroxylation sites is 1. The smallest absolute Gasteiger partial charge is 0.267 e. The van der Waals surface area contributed by atoms with E-state index >= 15 is 0 Å². The van der Waals surface area contributed by atoms with Crippen LogP contribution in [0, 0.1) is 0 Å². The minimum Gasteiger partial charge on any atom is -0.497 e. The number of carbonyl (C=O) groups is 1. The number of hydrogen-bond donors (Lipinski definition) is 0. The molecule has 1 fully saturated rings. The van der Waals surface area contributed by atoms with E-state index in [1.807, 2.05) is 60.7 Å². The molecule has 0 bridgehead atoms. The van der Waals surface area contributed by atoms with Crippen LogP contribution in [-0.4, -0.2) is 42.3 Å². The number of amides is 1. The Labute approximate surface area is 247 Å². The fraction of sp³-hybridized carbons (Fsp3) is 0.294. The van der Waals surface area contributed by atoms with Crippen molar-refractivity contribution in [1.29, 1.82) is 0 Å². The molecule has 5 rings (SSSR count). The number of fused-ring (bicyclic) bond motifs is 1. The zero-order valence-corrected chi connectivity index (χ0v) is 25.4. The molecule has 41 heavy (non-hydrogen) atoms. The lowest BCUT2D eigenvalue weighted by Crippen LogP contribution is -2.45. The number of thioether (sulfide) groups is 1. The Morgan fingerprint density at radius 1 is 1.00 bits per heavy atom. The van der Waals surface area contributed by atoms with Crippen LogP contribution in [0.5, 0.6) is 11.5 Å². The van der Waals surface area contributed by atoms with Crippen molar-refractivity contribution in [3.8, 4) is 11.5 Å². The zero-order valence-electron chi connectivity index (χ0n) is 24.6. The van der Waals surface area contributed by atoms with E-state index in [4.69, 9.17) is 14.5 Å². The molecule has 6 nitrogen and oxygen atoms in total. The van der Waals surface area contributed by atoms with E-state index in [1.54, 1.807) is 19.1 Å². The lowest BCUT2D eigenvalue weighted by Gasteiger charge is -2.43. The molecule has 0 radical (unpaired) electrons. The lowest BCUT2D eigenvalue weighted by molar-refractivity contribution is -0.122. The second-order valence-corrected chi connectivity index (χ2v) is 11.8. The quantitative estimate of drug-likeness (QED) is 0.259. The molecular formula is C34H37N3O3S. The highest BCUT2D eigenvalue weighted by atomic mass is 32.2. The van der Waals surface area contributed by atoms with E-state index < -0.39 is 0 Å². The summed E-state index contributed by atoms with van der Waals surface area (Å²) in [5.41, 5.74) is 6.11. The van der Waals surface area contributed by atoms with Crippen molar-refractivity contribution in [3.63, 3.8) is 0 Å². The van der Waals surface area contributed by atoms with Crippen LogP contribution in [0.4, 0.5) is 11.4 Å². The number of benzene rings is 3. The van der Waals surface area contributed by atoms with Gasteiger partial charge in [0.15, 0.2) is 5.17 Å². The molecule has 0 N–H and O–H groups in total. The SMILES string of the molecule is CCCN1c2cc(OC)c(/C=C3/SC(=Nc4ccccc4)N(Cc4ccc(OC)cc4)C3=O)cc2C(C)=CC1(C)C. The van der Waals surface area contributed by atoms with Gasteiger partial charge >= 0.3 is 0 Å². The fourth-order valence-electron chi connectivity index (χ4n) is 5.44. The summed E-state index contributed by atoms with van der Waals surface area (Å²) in [4.78, 5) is 23.5. The van der Waals surface area contributed by atoms with Crippen molar-refractivity contribution in [2.45, 2.75) is 46.2 Å². The molecule has 2 heterocycles. The zero-order chi connectivity index (χ0) is 29.1. The molecule has 3 aromatic carbocycles. The number of nitrogens with zero attached hydrogens (tertiary/aromatic N) is 3. The maximum absolute atomic E-state index is 13.9. The van der Waals surface area contributed by atoms with Gasteiger partial charge in [-0.1, -0.05) is 43.3 Å². The monoisotopic (exact) mass is 567 g/mol. The maximum atomic E-state index is 13.9. The van der Waals surface area contributed by atoms with Gasteiger partial charge < -0.3 is 14.4 Å². The number of rotatable bonds is 8. The van der Waals surface area contributed by atoms with Gasteiger partial charge in [-0.3, -0.25) is 9.69 Å². The average molecular weight is 568 g/mol. The molecule has 0 unspecified atom stereocenters. The van der Waals surface area contributed by atoms with Crippen LogP contribution >= 0.6 is 11.8 Å². The molecule has 0 aromatic heterocycles. The molecular weight excluding hydrogens is 530 g/mol. The Morgan fingerprint density at radius 2 is 1.73 bits per heavy atom. The van der Waals surface area contributed by atoms with Gasteiger partial charge in [-0.25, -0.2) is 4.99 Å². The molecule has 0 aliphatic carbocycles. The summed E-state index contributed by atoms with van der Waals surface area (Å²) in [6.07, 6.45) is 5.31. The van der Waals surface area contributed by atoms with Crippen molar-refractivity contribution in [1.82, 2.24) is 4.90 Å². The summed E-state index contributed by atoms with van der Waals surface area (Å²) < 4.78 is 11.2. The standard InChI is InChI=1S/C34H37N3O3S/c1-7-17-37-29-20-30(40-6)25(18-28(29)23(2)21-34(37,3)4)19-31-32(38)36(22-24-13-15-27(39-5)16-14-24)33(41-31)35-26-11-9-8-10-12-26/h8-16,18-21H,7,17,22H2,1-6H3/b31-19+,35-33?. The fourth-order valence-corrected chi connectivity index (χ4v) is 6.43. The van der Waals surface area contributed by atoms with Crippen LogP contribution in [0.3, 0.4) is 0 Å². The predicted octanol–water partition coefficient (Wildman–Crippen LogP) is 7.92. The summed E-state index contributed by atoms with van der Waals surface area (Å²) in [6.45, 7) is 10.2. The highest BCUT2D eigenvalue weighted by molar-refractivity contribution is 8.18. The topological polar surface area (TPSA) is 54.4 Å². The number of carbonyl (C=O) groups excluding carboxylic acids is 1. The highest BCUT2D eigenvalue weighted by Crippen LogP contribution is 2.44. The molecule has 2 aliphatic rings. The molecule has 2 aliphatic heterocycles. The summed E-state index contributed by atoms with van der Waals surface area (Å²) >= 11 is 1.39. The van der Waals surface area contributed by atoms with Crippen molar-refractivity contribution < 1.29 is 14.3 Å². The molecule has 7 heteroatoms. The first-order valence-electron chi connectivity index (χ1n) is 13.9. The van der Waals surface area contributed by atoms with Crippen LogP contribution in [0.15, 0.2) is 82.7 Å². The van der Waals surface area contributed by atoms with Gasteiger partial charge in [0.25, 0.3) is 5.91 Å². The second-order valence-electron chi connectivity index (χ2n) is 10.8. The molecule has 0 atom stereocenters. The Bertz CT molecular complexity index is 1520. The number of allylic oxidation sites excluding steroid dienone is 1. The van der Waals surface area contributed by atoms with E-state index in [2.05, 4.69) is 50.8 Å². The number of hydrogen-bond acceptors (Lipinski definition) is 6. The Balaban J connectivity index is 1.55. The van der Waals surface area contributed by atoms with Crippen molar-refractivity contribution in [2.24, 2.45) is 4.99 Å². The normalized spacial score (nSPS) is 18.1. The van der Waals surface area contributed by atoms with E-state index in [9.17, 15) is 4.79 Å². The van der Waals surface area contributed by atoms with Crippen LogP contribution in [0.1, 0.15) is 50.8 Å². The van der Waals surface area contributed by atoms with E-state index in [-0.39, 0.29) is 11.4 Å². The van der Waals surface area contributed by atoms with Gasteiger partial charge in [0.05, 0.1) is 36.9 Å². The Morgan fingerprint density at radius 3 is 2.39 bits per heavy atom. The van der Waals surface area contributed by atoms with Crippen molar-refractivity contribution in [3.05, 3.63) is 94.4 Å². The lowest BCUT2D eigenvalue weighted by atomic mass is 9.87. The largest absolute Gasteiger partial charge is 0.497 e. The third-order valence-electron chi connectivity index (χ3n) is 7.43. The van der Waals surface area contributed by atoms with Crippen LogP contribution < -0.4 is 14.4 Å². The minimum absolute atomic E-state index is 0.0821. The molecule has 1 saturated heterocycles. The van der Waals surface area contributed by atoms with Crippen molar-refractivity contribution >= 4 is 45.9 Å². The molecule has 212 valence electrons. The Hall–Kier alpha value is -3.97. The molecule has 1 amide bonds. The van der Waals surface area contributed by atoms with Crippen LogP contribution in [0.2, 0.25) is 0 Å². The Kier molecular flexibility index (Phi) is 8.27. The van der Waals surface area contributed by atoms with Gasteiger partial charge in [-0.15, -0.1) is 0 Å². The van der Waals surface area contributed by atoms with E-state index in [1.165, 1.54) is 17.3 Å². The summed E-state index contributed by atoms with van der Waals surface area (Å²) in [6, 6.07) is 21.8. The first-order valence-corrected chi connectivity index (χ1v) is 14.7. The van der Waals surface area contributed by atoms with E-state index in [0.717, 1.165) is 52.5 Å². The molecule has 0 saturated carbocycles. The number of amidine groups is 1. The molecule has 3 aromatic rings. The average Bonchev–Trinajstić information content (AvgIpc) is 3.24. The number of aliphatic imine (C=N–C) groups is 1. The third-order valence-corrected chi connectivity index (χ3v) is 8.44. The second kappa shape index (κ2) is 11.9. The highest BCUT2D eigenvalue weighted by Gasteiger charge is 2.35. The number of ether oxygens (including phenoxy) is 2. The van der Waals surface area contributed by atoms with Crippen LogP contribution in [0.25, 0.3) is 11.6 Å².